The van der Waals surface area contributed by atoms with Crippen molar-refractivity contribution in [1.82, 2.24) is 15.0 Å². The number of aryl methyl sites for hydroxylation is 1. The summed E-state index contributed by atoms with van der Waals surface area (Å²) in [5, 5.41) is 5.95. The highest BCUT2D eigenvalue weighted by Crippen LogP contribution is 2.10. The number of hydrogen-bond acceptors (Lipinski definition) is 7. The van der Waals surface area contributed by atoms with Crippen molar-refractivity contribution in [2.24, 2.45) is 0 Å². The zero-order chi connectivity index (χ0) is 13.0. The molecular formula is C11H12N4O2S. The van der Waals surface area contributed by atoms with Crippen LogP contribution in [0.3, 0.4) is 0 Å². The normalized spacial score (nSPS) is 10.1. The molecule has 0 aliphatic rings. The minimum absolute atomic E-state index is 0.0548. The fourth-order valence-corrected chi connectivity index (χ4v) is 1.90. The largest absolute Gasteiger partial charge is 0.463 e. The Balaban J connectivity index is 2.12. The molecule has 0 aliphatic carbocycles. The van der Waals surface area contributed by atoms with E-state index in [1.807, 2.05) is 5.38 Å². The highest BCUT2D eigenvalue weighted by molar-refractivity contribution is 7.09. The Labute approximate surface area is 108 Å². The molecule has 18 heavy (non-hydrogen) atoms. The average molecular weight is 264 g/mol. The summed E-state index contributed by atoms with van der Waals surface area (Å²) in [5.41, 5.74) is 0.701. The van der Waals surface area contributed by atoms with Crippen molar-refractivity contribution in [3.63, 3.8) is 0 Å². The summed E-state index contributed by atoms with van der Waals surface area (Å²) in [7, 11) is 1.30. The van der Waals surface area contributed by atoms with E-state index in [9.17, 15) is 4.79 Å². The second-order valence-corrected chi connectivity index (χ2v) is 4.47. The van der Waals surface area contributed by atoms with Gasteiger partial charge in [0, 0.05) is 23.3 Å². The lowest BCUT2D eigenvalue weighted by Crippen LogP contribution is -2.11. The van der Waals surface area contributed by atoms with Crippen LogP contribution in [0.1, 0.15) is 21.3 Å². The minimum atomic E-state index is -0.545. The van der Waals surface area contributed by atoms with E-state index in [4.69, 9.17) is 0 Å². The number of carbonyl (C=O) groups excluding carboxylic acids is 1. The van der Waals surface area contributed by atoms with Crippen molar-refractivity contribution in [2.75, 3.05) is 12.4 Å². The monoisotopic (exact) mass is 264 g/mol. The Bertz CT molecular complexity index is 542. The number of nitrogens with zero attached hydrogens (tertiary/aromatic N) is 3. The third-order valence-corrected chi connectivity index (χ3v) is 2.91. The third kappa shape index (κ3) is 3.01. The first-order valence-electron chi connectivity index (χ1n) is 5.25. The Hall–Kier alpha value is -2.02. The smallest absolute Gasteiger partial charge is 0.376 e. The van der Waals surface area contributed by atoms with Crippen LogP contribution in [0, 0.1) is 6.92 Å². The molecule has 0 saturated heterocycles. The Morgan fingerprint density at radius 3 is 3.00 bits per heavy atom. The molecule has 2 heterocycles. The summed E-state index contributed by atoms with van der Waals surface area (Å²) in [4.78, 5) is 23.6. The molecule has 0 aliphatic heterocycles. The molecule has 2 rings (SSSR count). The second-order valence-electron chi connectivity index (χ2n) is 3.49. The number of rotatable bonds is 4. The van der Waals surface area contributed by atoms with Crippen LogP contribution in [-0.4, -0.2) is 28.0 Å². The van der Waals surface area contributed by atoms with Crippen LogP contribution in [0.15, 0.2) is 17.6 Å². The molecule has 0 aromatic carbocycles. The lowest BCUT2D eigenvalue weighted by molar-refractivity contribution is 0.0586. The highest BCUT2D eigenvalue weighted by atomic mass is 32.1. The van der Waals surface area contributed by atoms with Gasteiger partial charge in [-0.1, -0.05) is 0 Å². The second kappa shape index (κ2) is 5.54. The quantitative estimate of drug-likeness (QED) is 0.846. The van der Waals surface area contributed by atoms with Crippen molar-refractivity contribution in [2.45, 2.75) is 13.5 Å². The molecule has 7 heteroatoms. The predicted molar refractivity (Wildman–Crippen MR) is 67.5 cm³/mol. The number of esters is 1. The van der Waals surface area contributed by atoms with E-state index < -0.39 is 5.97 Å². The van der Waals surface area contributed by atoms with Gasteiger partial charge in [-0.25, -0.2) is 19.7 Å². The van der Waals surface area contributed by atoms with Crippen molar-refractivity contribution >= 4 is 23.1 Å². The van der Waals surface area contributed by atoms with Crippen LogP contribution in [0.5, 0.6) is 0 Å². The van der Waals surface area contributed by atoms with E-state index >= 15 is 0 Å². The van der Waals surface area contributed by atoms with Gasteiger partial charge >= 0.3 is 5.97 Å². The molecule has 2 aromatic heterocycles. The van der Waals surface area contributed by atoms with Crippen LogP contribution in [0.4, 0.5) is 5.82 Å². The topological polar surface area (TPSA) is 77.0 Å². The Morgan fingerprint density at radius 2 is 2.33 bits per heavy atom. The summed E-state index contributed by atoms with van der Waals surface area (Å²) >= 11 is 1.55. The molecule has 0 spiro atoms. The van der Waals surface area contributed by atoms with E-state index in [2.05, 4.69) is 25.0 Å². The van der Waals surface area contributed by atoms with Gasteiger partial charge < -0.3 is 10.1 Å². The number of thiazole rings is 1. The van der Waals surface area contributed by atoms with Gasteiger partial charge in [0.1, 0.15) is 10.8 Å². The van der Waals surface area contributed by atoms with Crippen LogP contribution in [0.25, 0.3) is 0 Å². The lowest BCUT2D eigenvalue weighted by atomic mass is 10.4. The first kappa shape index (κ1) is 12.4. The van der Waals surface area contributed by atoms with Crippen molar-refractivity contribution in [1.29, 1.82) is 0 Å². The highest BCUT2D eigenvalue weighted by Gasteiger charge is 2.11. The van der Waals surface area contributed by atoms with Crippen molar-refractivity contribution in [3.8, 4) is 0 Å². The molecule has 0 atom stereocenters. The molecular weight excluding hydrogens is 252 g/mol. The van der Waals surface area contributed by atoms with Gasteiger partial charge in [-0.3, -0.25) is 0 Å². The average Bonchev–Trinajstić information content (AvgIpc) is 2.88. The molecule has 0 unspecified atom stereocenters. The Morgan fingerprint density at radius 1 is 1.50 bits per heavy atom. The minimum Gasteiger partial charge on any atom is -0.463 e. The van der Waals surface area contributed by atoms with Crippen molar-refractivity contribution < 1.29 is 9.53 Å². The summed E-state index contributed by atoms with van der Waals surface area (Å²) in [6.07, 6.45) is 1.74. The number of carbonyl (C=O) groups is 1. The molecule has 0 amide bonds. The summed E-state index contributed by atoms with van der Waals surface area (Å²) in [5.74, 6) is 0.0910. The zero-order valence-electron chi connectivity index (χ0n) is 10.0. The van der Waals surface area contributed by atoms with E-state index in [-0.39, 0.29) is 5.82 Å². The molecule has 0 radical (unpaired) electrons. The number of aromatic nitrogens is 3. The molecule has 6 nitrogen and oxygen atoms in total. The van der Waals surface area contributed by atoms with Crippen LogP contribution >= 0.6 is 11.3 Å². The van der Waals surface area contributed by atoms with Crippen molar-refractivity contribution in [3.05, 3.63) is 34.2 Å². The number of methoxy groups -OCH3 is 1. The van der Waals surface area contributed by atoms with E-state index in [1.54, 1.807) is 30.5 Å². The lowest BCUT2D eigenvalue weighted by Gasteiger charge is -2.06. The maximum Gasteiger partial charge on any atom is 0.376 e. The van der Waals surface area contributed by atoms with Crippen LogP contribution in [-0.2, 0) is 11.3 Å². The number of nitrogens with one attached hydrogen (secondary N) is 1. The van der Waals surface area contributed by atoms with Gasteiger partial charge in [0.15, 0.2) is 0 Å². The zero-order valence-corrected chi connectivity index (χ0v) is 10.8. The molecule has 1 N–H and O–H groups in total. The predicted octanol–water partition coefficient (Wildman–Crippen LogP) is 1.64. The molecule has 94 valence electrons. The van der Waals surface area contributed by atoms with Gasteiger partial charge in [0.2, 0.25) is 5.82 Å². The van der Waals surface area contributed by atoms with E-state index in [0.29, 0.717) is 18.1 Å². The molecule has 2 aromatic rings. The van der Waals surface area contributed by atoms with Gasteiger partial charge in [0.25, 0.3) is 0 Å². The van der Waals surface area contributed by atoms with Gasteiger partial charge in [-0.15, -0.1) is 11.3 Å². The summed E-state index contributed by atoms with van der Waals surface area (Å²) in [6, 6.07) is 1.76. The summed E-state index contributed by atoms with van der Waals surface area (Å²) in [6.45, 7) is 2.36. The fraction of sp³-hybridized carbons (Fsp3) is 0.273. The van der Waals surface area contributed by atoms with Gasteiger partial charge in [-0.2, -0.15) is 0 Å². The van der Waals surface area contributed by atoms with Gasteiger partial charge in [0.05, 0.1) is 13.7 Å². The Kier molecular flexibility index (Phi) is 3.83. The number of ether oxygens (including phenoxy) is 1. The molecule has 0 fully saturated rings. The maximum atomic E-state index is 11.4. The van der Waals surface area contributed by atoms with Crippen LogP contribution < -0.4 is 5.32 Å². The number of anilines is 1. The summed E-state index contributed by atoms with van der Waals surface area (Å²) < 4.78 is 4.59. The molecule has 0 bridgehead atoms. The fourth-order valence-electron chi connectivity index (χ4n) is 1.35. The maximum absolute atomic E-state index is 11.4. The third-order valence-electron chi connectivity index (χ3n) is 2.13. The number of hydrogen-bond donors (Lipinski definition) is 1. The van der Waals surface area contributed by atoms with E-state index in [0.717, 1.165) is 5.01 Å². The first-order chi connectivity index (χ1) is 8.69. The standard InChI is InChI=1S/C11H12N4O2S/c1-7-5-8(13-6-9-12-3-4-18-9)15-10(14-7)11(16)17-2/h3-5H,6H2,1-2H3,(H,13,14,15). The first-order valence-corrected chi connectivity index (χ1v) is 6.13. The molecule has 0 saturated carbocycles. The van der Waals surface area contributed by atoms with Crippen LogP contribution in [0.2, 0.25) is 0 Å². The van der Waals surface area contributed by atoms with Gasteiger partial charge in [-0.05, 0) is 6.92 Å². The SMILES string of the molecule is COC(=O)c1nc(C)cc(NCc2nccs2)n1. The van der Waals surface area contributed by atoms with E-state index in [1.165, 1.54) is 7.11 Å².